The molecule has 0 spiro atoms. The van der Waals surface area contributed by atoms with Gasteiger partial charge in [0.05, 0.1) is 16.7 Å². The van der Waals surface area contributed by atoms with Gasteiger partial charge in [-0.15, -0.1) is 11.3 Å². The normalized spacial score (nSPS) is 12.9. The number of hydrogen-bond acceptors (Lipinski definition) is 5. The van der Waals surface area contributed by atoms with Crippen LogP contribution in [-0.2, 0) is 6.42 Å². The van der Waals surface area contributed by atoms with Crippen LogP contribution in [-0.4, -0.2) is 27.2 Å². The summed E-state index contributed by atoms with van der Waals surface area (Å²) < 4.78 is 0. The van der Waals surface area contributed by atoms with E-state index in [0.717, 1.165) is 22.9 Å². The highest BCUT2D eigenvalue weighted by Crippen LogP contribution is 2.21. The number of hydrogen-bond donors (Lipinski definition) is 2. The van der Waals surface area contributed by atoms with Crippen molar-refractivity contribution >= 4 is 11.3 Å². The molecule has 0 aromatic carbocycles. The molecule has 0 radical (unpaired) electrons. The Labute approximate surface area is 98.3 Å². The first-order valence-corrected chi connectivity index (χ1v) is 5.97. The molecule has 1 atom stereocenters. The maximum absolute atomic E-state index is 4.52. The maximum Gasteiger partial charge on any atom is 0.141 e. The SMILES string of the molecule is CNC(Cc1nc(C)c(C)s1)c1ncn[nH]1. The molecule has 2 rings (SSSR count). The molecule has 0 aliphatic heterocycles. The number of nitrogens with one attached hydrogen (secondary N) is 2. The summed E-state index contributed by atoms with van der Waals surface area (Å²) in [7, 11) is 1.92. The Kier molecular flexibility index (Phi) is 3.31. The molecule has 0 aliphatic carbocycles. The van der Waals surface area contributed by atoms with Crippen LogP contribution >= 0.6 is 11.3 Å². The molecule has 0 amide bonds. The quantitative estimate of drug-likeness (QED) is 0.843. The van der Waals surface area contributed by atoms with Crippen molar-refractivity contribution in [1.29, 1.82) is 0 Å². The van der Waals surface area contributed by atoms with E-state index in [1.165, 1.54) is 11.2 Å². The van der Waals surface area contributed by atoms with E-state index < -0.39 is 0 Å². The average molecular weight is 237 g/mol. The molecule has 1 unspecified atom stereocenters. The van der Waals surface area contributed by atoms with Crippen molar-refractivity contribution in [3.8, 4) is 0 Å². The number of nitrogens with zero attached hydrogens (tertiary/aromatic N) is 3. The molecular weight excluding hydrogens is 222 g/mol. The van der Waals surface area contributed by atoms with Gasteiger partial charge in [0.2, 0.25) is 0 Å². The van der Waals surface area contributed by atoms with Gasteiger partial charge in [0.15, 0.2) is 0 Å². The highest BCUT2D eigenvalue weighted by atomic mass is 32.1. The van der Waals surface area contributed by atoms with Gasteiger partial charge in [-0.2, -0.15) is 5.10 Å². The van der Waals surface area contributed by atoms with Crippen LogP contribution in [0.15, 0.2) is 6.33 Å². The van der Waals surface area contributed by atoms with E-state index in [2.05, 4.69) is 32.4 Å². The maximum atomic E-state index is 4.52. The highest BCUT2D eigenvalue weighted by molar-refractivity contribution is 7.11. The molecule has 2 aromatic heterocycles. The van der Waals surface area contributed by atoms with E-state index in [0.29, 0.717) is 0 Å². The first-order valence-electron chi connectivity index (χ1n) is 5.16. The zero-order valence-electron chi connectivity index (χ0n) is 9.61. The third-order valence-electron chi connectivity index (χ3n) is 2.56. The third-order valence-corrected chi connectivity index (χ3v) is 3.66. The fraction of sp³-hybridized carbons (Fsp3) is 0.500. The van der Waals surface area contributed by atoms with Crippen molar-refractivity contribution in [2.45, 2.75) is 26.3 Å². The Morgan fingerprint density at radius 2 is 2.31 bits per heavy atom. The van der Waals surface area contributed by atoms with E-state index in [-0.39, 0.29) is 6.04 Å². The number of H-pyrrole nitrogens is 1. The van der Waals surface area contributed by atoms with E-state index in [1.54, 1.807) is 11.3 Å². The predicted octanol–water partition coefficient (Wildman–Crippen LogP) is 1.38. The number of thiazole rings is 1. The largest absolute Gasteiger partial charge is 0.310 e. The number of likely N-dealkylation sites (N-methyl/N-ethyl adjacent to an activating group) is 1. The minimum absolute atomic E-state index is 0.146. The van der Waals surface area contributed by atoms with Gasteiger partial charge in [-0.25, -0.2) is 9.97 Å². The molecule has 0 saturated carbocycles. The minimum Gasteiger partial charge on any atom is -0.310 e. The van der Waals surface area contributed by atoms with E-state index in [9.17, 15) is 0 Å². The van der Waals surface area contributed by atoms with Gasteiger partial charge in [-0.05, 0) is 20.9 Å². The first kappa shape index (κ1) is 11.2. The Morgan fingerprint density at radius 3 is 2.81 bits per heavy atom. The van der Waals surface area contributed by atoms with Crippen molar-refractivity contribution in [2.24, 2.45) is 0 Å². The Balaban J connectivity index is 2.13. The lowest BCUT2D eigenvalue weighted by Gasteiger charge is -2.10. The number of aryl methyl sites for hydroxylation is 2. The molecule has 2 aromatic rings. The van der Waals surface area contributed by atoms with Crippen molar-refractivity contribution in [2.75, 3.05) is 7.05 Å². The van der Waals surface area contributed by atoms with Crippen molar-refractivity contribution in [3.05, 3.63) is 27.7 Å². The molecule has 0 aliphatic rings. The number of rotatable bonds is 4. The summed E-state index contributed by atoms with van der Waals surface area (Å²) in [6.07, 6.45) is 2.36. The van der Waals surface area contributed by atoms with Crippen LogP contribution in [0.5, 0.6) is 0 Å². The van der Waals surface area contributed by atoms with Crippen LogP contribution in [0, 0.1) is 13.8 Å². The summed E-state index contributed by atoms with van der Waals surface area (Å²) in [5.74, 6) is 0.855. The topological polar surface area (TPSA) is 66.5 Å². The van der Waals surface area contributed by atoms with Gasteiger partial charge < -0.3 is 5.32 Å². The molecule has 6 heteroatoms. The van der Waals surface area contributed by atoms with Gasteiger partial charge in [0.1, 0.15) is 12.2 Å². The van der Waals surface area contributed by atoms with Crippen LogP contribution in [0.1, 0.15) is 27.4 Å². The molecule has 5 nitrogen and oxygen atoms in total. The second kappa shape index (κ2) is 4.71. The van der Waals surface area contributed by atoms with Gasteiger partial charge in [-0.1, -0.05) is 0 Å². The van der Waals surface area contributed by atoms with Crippen molar-refractivity contribution < 1.29 is 0 Å². The van der Waals surface area contributed by atoms with Gasteiger partial charge in [0, 0.05) is 11.3 Å². The number of aromatic nitrogens is 4. The summed E-state index contributed by atoms with van der Waals surface area (Å²) in [5, 5.41) is 11.1. The molecule has 16 heavy (non-hydrogen) atoms. The Morgan fingerprint density at radius 1 is 1.50 bits per heavy atom. The highest BCUT2D eigenvalue weighted by Gasteiger charge is 2.15. The molecular formula is C10H15N5S. The molecule has 86 valence electrons. The predicted molar refractivity (Wildman–Crippen MR) is 63.5 cm³/mol. The van der Waals surface area contributed by atoms with Gasteiger partial charge in [0.25, 0.3) is 0 Å². The fourth-order valence-corrected chi connectivity index (χ4v) is 2.50. The van der Waals surface area contributed by atoms with E-state index in [1.807, 2.05) is 14.0 Å². The van der Waals surface area contributed by atoms with Gasteiger partial charge >= 0.3 is 0 Å². The lowest BCUT2D eigenvalue weighted by Crippen LogP contribution is -2.20. The van der Waals surface area contributed by atoms with Crippen LogP contribution in [0.25, 0.3) is 0 Å². The molecule has 0 fully saturated rings. The van der Waals surface area contributed by atoms with Crippen LogP contribution < -0.4 is 5.32 Å². The first-order chi connectivity index (χ1) is 7.70. The fourth-order valence-electron chi connectivity index (χ4n) is 1.52. The number of aromatic amines is 1. The smallest absolute Gasteiger partial charge is 0.141 e. The van der Waals surface area contributed by atoms with Crippen LogP contribution in [0.2, 0.25) is 0 Å². The lowest BCUT2D eigenvalue weighted by atomic mass is 10.2. The van der Waals surface area contributed by atoms with Crippen molar-refractivity contribution in [1.82, 2.24) is 25.5 Å². The Hall–Kier alpha value is -1.27. The summed E-state index contributed by atoms with van der Waals surface area (Å²) in [6.45, 7) is 4.14. The van der Waals surface area contributed by atoms with Crippen LogP contribution in [0.4, 0.5) is 0 Å². The Bertz CT molecular complexity index is 428. The van der Waals surface area contributed by atoms with E-state index >= 15 is 0 Å². The third kappa shape index (κ3) is 2.28. The second-order valence-electron chi connectivity index (χ2n) is 3.67. The van der Waals surface area contributed by atoms with E-state index in [4.69, 9.17) is 0 Å². The molecule has 2 N–H and O–H groups in total. The van der Waals surface area contributed by atoms with Crippen LogP contribution in [0.3, 0.4) is 0 Å². The summed E-state index contributed by atoms with van der Waals surface area (Å²) >= 11 is 1.74. The molecule has 0 bridgehead atoms. The zero-order chi connectivity index (χ0) is 11.5. The monoisotopic (exact) mass is 237 g/mol. The second-order valence-corrected chi connectivity index (χ2v) is 4.95. The summed E-state index contributed by atoms with van der Waals surface area (Å²) in [6, 6.07) is 0.146. The lowest BCUT2D eigenvalue weighted by molar-refractivity contribution is 0.558. The minimum atomic E-state index is 0.146. The van der Waals surface area contributed by atoms with Crippen molar-refractivity contribution in [3.63, 3.8) is 0 Å². The summed E-state index contributed by atoms with van der Waals surface area (Å²) in [5.41, 5.74) is 1.12. The van der Waals surface area contributed by atoms with Gasteiger partial charge in [-0.3, -0.25) is 5.10 Å². The summed E-state index contributed by atoms with van der Waals surface area (Å²) in [4.78, 5) is 9.96. The average Bonchev–Trinajstić information content (AvgIpc) is 2.86. The standard InChI is InChI=1S/C10H15N5S/c1-6-7(2)16-9(14-6)4-8(11-3)10-12-5-13-15-10/h5,8,11H,4H2,1-3H3,(H,12,13,15). The molecule has 2 heterocycles. The zero-order valence-corrected chi connectivity index (χ0v) is 10.4. The molecule has 0 saturated heterocycles.